The van der Waals surface area contributed by atoms with Crippen LogP contribution in [0.25, 0.3) is 0 Å². The van der Waals surface area contributed by atoms with Crippen LogP contribution in [0, 0.1) is 0 Å². The minimum absolute atomic E-state index is 0.332. The molecule has 6 heteroatoms. The van der Waals surface area contributed by atoms with Crippen LogP contribution in [-0.2, 0) is 9.53 Å². The molecule has 0 saturated carbocycles. The smallest absolute Gasteiger partial charge is 0.321 e. The lowest BCUT2D eigenvalue weighted by Gasteiger charge is -2.26. The zero-order valence-electron chi connectivity index (χ0n) is 9.52. The number of nitrogens with one attached hydrogen (secondary N) is 1. The number of hydrogen-bond donors (Lipinski definition) is 3. The van der Waals surface area contributed by atoms with E-state index in [4.69, 9.17) is 15.6 Å². The highest BCUT2D eigenvalue weighted by Crippen LogP contribution is 1.97. The van der Waals surface area contributed by atoms with E-state index in [1.165, 1.54) is 0 Å². The first-order valence-electron chi connectivity index (χ1n) is 5.69. The molecule has 1 unspecified atom stereocenters. The summed E-state index contributed by atoms with van der Waals surface area (Å²) < 4.78 is 5.25. The Morgan fingerprint density at radius 2 is 2.19 bits per heavy atom. The number of aliphatic carboxylic acids is 1. The van der Waals surface area contributed by atoms with Crippen LogP contribution >= 0.6 is 0 Å². The van der Waals surface area contributed by atoms with Gasteiger partial charge in [0.1, 0.15) is 6.04 Å². The molecule has 0 bridgehead atoms. The molecule has 0 aromatic rings. The van der Waals surface area contributed by atoms with E-state index in [0.29, 0.717) is 6.54 Å². The Kier molecular flexibility index (Phi) is 6.32. The van der Waals surface area contributed by atoms with E-state index in [-0.39, 0.29) is 0 Å². The zero-order chi connectivity index (χ0) is 11.8. The summed E-state index contributed by atoms with van der Waals surface area (Å²) in [4.78, 5) is 12.8. The summed E-state index contributed by atoms with van der Waals surface area (Å²) in [6.07, 6.45) is 1.01. The van der Waals surface area contributed by atoms with Gasteiger partial charge in [0.15, 0.2) is 0 Å². The molecule has 4 N–H and O–H groups in total. The molecule has 1 fully saturated rings. The molecule has 1 aliphatic heterocycles. The Hall–Kier alpha value is -0.690. The molecule has 1 rings (SSSR count). The lowest BCUT2D eigenvalue weighted by Crippen LogP contribution is -2.41. The van der Waals surface area contributed by atoms with Crippen LogP contribution < -0.4 is 11.1 Å². The Bertz CT molecular complexity index is 207. The van der Waals surface area contributed by atoms with Gasteiger partial charge in [-0.05, 0) is 19.5 Å². The third-order valence-electron chi connectivity index (χ3n) is 2.61. The third-order valence-corrected chi connectivity index (χ3v) is 2.61. The second-order valence-corrected chi connectivity index (χ2v) is 3.96. The topological polar surface area (TPSA) is 87.8 Å². The highest BCUT2D eigenvalue weighted by Gasteiger charge is 2.11. The molecule has 0 aliphatic carbocycles. The summed E-state index contributed by atoms with van der Waals surface area (Å²) in [5.41, 5.74) is 5.35. The maximum atomic E-state index is 10.4. The molecular formula is C10H21N3O3. The van der Waals surface area contributed by atoms with Gasteiger partial charge >= 0.3 is 5.97 Å². The van der Waals surface area contributed by atoms with Gasteiger partial charge in [-0.3, -0.25) is 9.69 Å². The number of carboxylic acids is 1. The van der Waals surface area contributed by atoms with Gasteiger partial charge in [-0.15, -0.1) is 0 Å². The number of nitrogens with two attached hydrogens (primary N) is 1. The van der Waals surface area contributed by atoms with Gasteiger partial charge in [-0.2, -0.15) is 0 Å². The highest BCUT2D eigenvalue weighted by molar-refractivity contribution is 5.73. The van der Waals surface area contributed by atoms with Crippen molar-refractivity contribution in [2.45, 2.75) is 12.5 Å². The summed E-state index contributed by atoms with van der Waals surface area (Å²) in [5.74, 6) is -0.958. The molecule has 1 atom stereocenters. The second kappa shape index (κ2) is 7.56. The Labute approximate surface area is 95.7 Å². The van der Waals surface area contributed by atoms with E-state index in [9.17, 15) is 4.79 Å². The molecule has 0 radical (unpaired) electrons. The van der Waals surface area contributed by atoms with Crippen molar-refractivity contribution in [1.82, 2.24) is 10.2 Å². The van der Waals surface area contributed by atoms with Gasteiger partial charge < -0.3 is 20.9 Å². The van der Waals surface area contributed by atoms with Crippen molar-refractivity contribution < 1.29 is 14.6 Å². The number of ether oxygens (including phenoxy) is 1. The Morgan fingerprint density at radius 1 is 1.50 bits per heavy atom. The molecule has 1 aliphatic rings. The first-order valence-corrected chi connectivity index (χ1v) is 5.69. The molecule has 0 amide bonds. The van der Waals surface area contributed by atoms with Crippen LogP contribution in [0.2, 0.25) is 0 Å². The van der Waals surface area contributed by atoms with E-state index < -0.39 is 12.0 Å². The maximum Gasteiger partial charge on any atom is 0.321 e. The molecular weight excluding hydrogens is 210 g/mol. The van der Waals surface area contributed by atoms with Gasteiger partial charge in [-0.1, -0.05) is 0 Å². The monoisotopic (exact) mass is 231 g/mol. The van der Waals surface area contributed by atoms with E-state index in [0.717, 1.165) is 45.8 Å². The standard InChI is InChI=1S/C10H21N3O3/c11-9(10(14)15)8-12-2-1-3-13-4-6-16-7-5-13/h9,12H,1-8,11H2,(H,14,15). The lowest BCUT2D eigenvalue weighted by molar-refractivity contribution is -0.138. The molecule has 6 nitrogen and oxygen atoms in total. The van der Waals surface area contributed by atoms with Gasteiger partial charge in [-0.25, -0.2) is 0 Å². The fourth-order valence-corrected chi connectivity index (χ4v) is 1.60. The third kappa shape index (κ3) is 5.41. The van der Waals surface area contributed by atoms with Crippen LogP contribution in [0.1, 0.15) is 6.42 Å². The van der Waals surface area contributed by atoms with Gasteiger partial charge in [0.05, 0.1) is 13.2 Å². The van der Waals surface area contributed by atoms with Crippen molar-refractivity contribution in [3.8, 4) is 0 Å². The van der Waals surface area contributed by atoms with Crippen molar-refractivity contribution in [3.63, 3.8) is 0 Å². The lowest BCUT2D eigenvalue weighted by atomic mass is 10.3. The Balaban J connectivity index is 1.93. The molecule has 16 heavy (non-hydrogen) atoms. The zero-order valence-corrected chi connectivity index (χ0v) is 9.52. The van der Waals surface area contributed by atoms with E-state index >= 15 is 0 Å². The first kappa shape index (κ1) is 13.4. The molecule has 1 saturated heterocycles. The normalized spacial score (nSPS) is 19.6. The molecule has 94 valence electrons. The summed E-state index contributed by atoms with van der Waals surface area (Å²) in [6, 6.07) is -0.802. The SMILES string of the molecule is NC(CNCCCN1CCOCC1)C(=O)O. The van der Waals surface area contributed by atoms with Crippen molar-refractivity contribution in [2.24, 2.45) is 5.73 Å². The van der Waals surface area contributed by atoms with Gasteiger partial charge in [0.2, 0.25) is 0 Å². The second-order valence-electron chi connectivity index (χ2n) is 3.96. The highest BCUT2D eigenvalue weighted by atomic mass is 16.5. The number of carbonyl (C=O) groups is 1. The predicted molar refractivity (Wildman–Crippen MR) is 60.4 cm³/mol. The number of hydrogen-bond acceptors (Lipinski definition) is 5. The number of rotatable bonds is 7. The summed E-state index contributed by atoms with van der Waals surface area (Å²) in [6.45, 7) is 5.79. The summed E-state index contributed by atoms with van der Waals surface area (Å²) in [7, 11) is 0. The van der Waals surface area contributed by atoms with E-state index in [2.05, 4.69) is 10.2 Å². The van der Waals surface area contributed by atoms with Crippen molar-refractivity contribution in [3.05, 3.63) is 0 Å². The van der Waals surface area contributed by atoms with Crippen LogP contribution in [0.15, 0.2) is 0 Å². The predicted octanol–water partition coefficient (Wildman–Crippen LogP) is -1.29. The molecule has 0 aromatic heterocycles. The summed E-state index contributed by atoms with van der Waals surface area (Å²) in [5, 5.41) is 11.6. The Morgan fingerprint density at radius 3 is 2.81 bits per heavy atom. The van der Waals surface area contributed by atoms with Crippen LogP contribution in [0.4, 0.5) is 0 Å². The van der Waals surface area contributed by atoms with E-state index in [1.807, 2.05) is 0 Å². The fourth-order valence-electron chi connectivity index (χ4n) is 1.60. The number of carboxylic acid groups (broad SMARTS) is 1. The molecule has 0 aromatic carbocycles. The number of nitrogens with zero attached hydrogens (tertiary/aromatic N) is 1. The van der Waals surface area contributed by atoms with Crippen molar-refractivity contribution in [1.29, 1.82) is 0 Å². The minimum Gasteiger partial charge on any atom is -0.480 e. The molecule has 1 heterocycles. The number of morpholine rings is 1. The summed E-state index contributed by atoms with van der Waals surface area (Å²) >= 11 is 0. The van der Waals surface area contributed by atoms with Crippen LogP contribution in [0.5, 0.6) is 0 Å². The van der Waals surface area contributed by atoms with Crippen LogP contribution in [0.3, 0.4) is 0 Å². The average molecular weight is 231 g/mol. The van der Waals surface area contributed by atoms with Crippen molar-refractivity contribution in [2.75, 3.05) is 45.9 Å². The van der Waals surface area contributed by atoms with Gasteiger partial charge in [0, 0.05) is 19.6 Å². The van der Waals surface area contributed by atoms with Crippen LogP contribution in [-0.4, -0.2) is 68.0 Å². The first-order chi connectivity index (χ1) is 7.70. The largest absolute Gasteiger partial charge is 0.480 e. The van der Waals surface area contributed by atoms with E-state index in [1.54, 1.807) is 0 Å². The average Bonchev–Trinajstić information content (AvgIpc) is 2.29. The van der Waals surface area contributed by atoms with Gasteiger partial charge in [0.25, 0.3) is 0 Å². The minimum atomic E-state index is -0.958. The fraction of sp³-hybridized carbons (Fsp3) is 0.900. The quantitative estimate of drug-likeness (QED) is 0.473. The van der Waals surface area contributed by atoms with Crippen molar-refractivity contribution >= 4 is 5.97 Å². The maximum absolute atomic E-state index is 10.4. The molecule has 0 spiro atoms.